The van der Waals surface area contributed by atoms with E-state index in [9.17, 15) is 41.0 Å². The molecule has 1 aliphatic rings. The Morgan fingerprint density at radius 1 is 0.942 bits per heavy atom. The highest BCUT2D eigenvalue weighted by Crippen LogP contribution is 2.27. The van der Waals surface area contributed by atoms with Gasteiger partial charge in [0.1, 0.15) is 17.6 Å². The number of alkyl halides is 6. The summed E-state index contributed by atoms with van der Waals surface area (Å²) in [5.74, 6) is -6.32. The number of ether oxygens (including phenoxy) is 1. The van der Waals surface area contributed by atoms with Crippen LogP contribution in [0, 0.1) is 12.3 Å². The van der Waals surface area contributed by atoms with E-state index < -0.39 is 42.2 Å². The van der Waals surface area contributed by atoms with Crippen molar-refractivity contribution in [2.75, 3.05) is 12.4 Å². The maximum absolute atomic E-state index is 13.3. The number of halogens is 6. The number of aromatic nitrogens is 2. The van der Waals surface area contributed by atoms with E-state index in [0.29, 0.717) is 11.3 Å². The second-order valence-corrected chi connectivity index (χ2v) is 11.1. The number of carbonyl (C=O) groups excluding carboxylic acids is 2. The molecule has 1 aliphatic carbocycles. The van der Waals surface area contributed by atoms with Gasteiger partial charge in [-0.05, 0) is 49.6 Å². The number of nitrogens with one attached hydrogen (secondary N) is 4. The topological polar surface area (TPSA) is 250 Å². The van der Waals surface area contributed by atoms with Crippen LogP contribution in [0.5, 0.6) is 5.75 Å². The maximum atomic E-state index is 13.3. The molecule has 1 heterocycles. The highest BCUT2D eigenvalue weighted by atomic mass is 19.4. The van der Waals surface area contributed by atoms with Crippen molar-refractivity contribution in [2.24, 2.45) is 5.73 Å². The van der Waals surface area contributed by atoms with Crippen LogP contribution in [-0.2, 0) is 25.5 Å². The number of benzene rings is 2. The minimum atomic E-state index is -5.08. The van der Waals surface area contributed by atoms with E-state index in [1.807, 2.05) is 25.1 Å². The molecule has 0 spiro atoms. The van der Waals surface area contributed by atoms with Gasteiger partial charge < -0.3 is 41.7 Å². The molecule has 4 rings (SSSR count). The van der Waals surface area contributed by atoms with E-state index in [0.717, 1.165) is 42.2 Å². The molecule has 15 nitrogen and oxygen atoms in total. The number of hydrogen-bond acceptors (Lipinski definition) is 10. The quantitative estimate of drug-likeness (QED) is 0.0711. The Bertz CT molecular complexity index is 1720. The van der Waals surface area contributed by atoms with Gasteiger partial charge in [0.05, 0.1) is 12.6 Å². The fraction of sp³-hybridized carbons (Fsp3) is 0.387. The Kier molecular flexibility index (Phi) is 14.9. The molecular formula is C31H35F6N7O8. The molecule has 0 saturated heterocycles. The number of aliphatic carboxylic acids is 2. The van der Waals surface area contributed by atoms with Crippen LogP contribution < -0.4 is 21.7 Å². The predicted molar refractivity (Wildman–Crippen MR) is 171 cm³/mol. The van der Waals surface area contributed by atoms with Crippen molar-refractivity contribution in [3.8, 4) is 5.75 Å². The number of amides is 1. The first-order chi connectivity index (χ1) is 24.1. The van der Waals surface area contributed by atoms with Gasteiger partial charge in [0.25, 0.3) is 5.91 Å². The molecule has 0 radical (unpaired) electrons. The summed E-state index contributed by atoms with van der Waals surface area (Å²) in [5, 5.41) is 41.4. The molecule has 0 aliphatic heterocycles. The van der Waals surface area contributed by atoms with E-state index in [2.05, 4.69) is 25.9 Å². The summed E-state index contributed by atoms with van der Waals surface area (Å²) in [6.45, 7) is 1.97. The Hall–Kier alpha value is -5.89. The standard InChI is InChI=1S/C27H33N7O4.2C2HF3O2/c1-15-7-12-19-18(13-15)23(31-20-5-3-4-6-21(20)33-27(28)29)34-24(30-19)25(36)32-22(26(37)38-2)14-16-8-10-17(35)11-9-16;2*3-2(4,5)1(6)7/h7-13,20-22,35H,3-6,14H2,1-2H3,(H,32,36)(H4,28,29,33)(H,30,31,34);2*(H,6,7)/t20?,21?,22-;;/m0../s1. The lowest BCUT2D eigenvalue weighted by molar-refractivity contribution is -0.193. The molecule has 1 amide bonds. The summed E-state index contributed by atoms with van der Waals surface area (Å²) in [6.07, 6.45) is -6.26. The first kappa shape index (κ1) is 42.3. The van der Waals surface area contributed by atoms with Crippen LogP contribution in [0.15, 0.2) is 42.5 Å². The zero-order valence-corrected chi connectivity index (χ0v) is 27.4. The molecule has 3 atom stereocenters. The lowest BCUT2D eigenvalue weighted by Gasteiger charge is -2.33. The van der Waals surface area contributed by atoms with Gasteiger partial charge in [-0.2, -0.15) is 26.3 Å². The molecule has 9 N–H and O–H groups in total. The number of anilines is 1. The van der Waals surface area contributed by atoms with Gasteiger partial charge in [-0.15, -0.1) is 0 Å². The lowest BCUT2D eigenvalue weighted by Crippen LogP contribution is -2.50. The van der Waals surface area contributed by atoms with Gasteiger partial charge in [-0.1, -0.05) is 36.6 Å². The number of nitrogens with two attached hydrogens (primary N) is 1. The number of carboxylic acids is 2. The molecule has 284 valence electrons. The molecule has 52 heavy (non-hydrogen) atoms. The van der Waals surface area contributed by atoms with Gasteiger partial charge in [0, 0.05) is 23.9 Å². The van der Waals surface area contributed by atoms with Crippen LogP contribution in [0.1, 0.15) is 47.4 Å². The highest BCUT2D eigenvalue weighted by molar-refractivity contribution is 5.98. The Balaban J connectivity index is 0.000000564. The van der Waals surface area contributed by atoms with Crippen molar-refractivity contribution in [1.82, 2.24) is 20.6 Å². The first-order valence-corrected chi connectivity index (χ1v) is 15.0. The third kappa shape index (κ3) is 13.4. The molecule has 1 saturated carbocycles. The van der Waals surface area contributed by atoms with Crippen molar-refractivity contribution in [3.63, 3.8) is 0 Å². The number of phenolic OH excluding ortho intramolecular Hbond substituents is 1. The minimum absolute atomic E-state index is 0.0534. The van der Waals surface area contributed by atoms with E-state index in [1.54, 1.807) is 12.1 Å². The van der Waals surface area contributed by atoms with Crippen molar-refractivity contribution in [2.45, 2.75) is 69.5 Å². The number of rotatable bonds is 8. The molecule has 21 heteroatoms. The molecular weight excluding hydrogens is 712 g/mol. The number of carboxylic acid groups (broad SMARTS) is 2. The SMILES string of the molecule is COC(=O)[C@H](Cc1ccc(O)cc1)NC(=O)c1nc(NC2CCCCC2NC(=N)N)c2cc(C)ccc2n1.O=C(O)C(F)(F)F.O=C(O)C(F)(F)F. The number of esters is 1. The second-order valence-electron chi connectivity index (χ2n) is 11.1. The van der Waals surface area contributed by atoms with Crippen LogP contribution in [0.4, 0.5) is 32.2 Å². The lowest BCUT2D eigenvalue weighted by atomic mass is 9.90. The van der Waals surface area contributed by atoms with Crippen molar-refractivity contribution in [1.29, 1.82) is 5.41 Å². The van der Waals surface area contributed by atoms with Crippen LogP contribution in [0.25, 0.3) is 10.9 Å². The highest BCUT2D eigenvalue weighted by Gasteiger charge is 2.39. The number of nitrogens with zero attached hydrogens (tertiary/aromatic N) is 2. The van der Waals surface area contributed by atoms with Crippen LogP contribution >= 0.6 is 0 Å². The summed E-state index contributed by atoms with van der Waals surface area (Å²) in [6, 6.07) is 11.0. The number of carbonyl (C=O) groups is 4. The van der Waals surface area contributed by atoms with Crippen LogP contribution in [-0.4, -0.2) is 92.7 Å². The Morgan fingerprint density at radius 3 is 1.98 bits per heavy atom. The molecule has 2 unspecified atom stereocenters. The fourth-order valence-electron chi connectivity index (χ4n) is 4.73. The van der Waals surface area contributed by atoms with Crippen LogP contribution in [0.3, 0.4) is 0 Å². The maximum Gasteiger partial charge on any atom is 0.490 e. The van der Waals surface area contributed by atoms with E-state index >= 15 is 0 Å². The number of phenols is 1. The molecule has 2 aromatic carbocycles. The monoisotopic (exact) mass is 747 g/mol. The smallest absolute Gasteiger partial charge is 0.490 e. The molecule has 3 aromatic rings. The third-order valence-corrected chi connectivity index (χ3v) is 7.14. The summed E-state index contributed by atoms with van der Waals surface area (Å²) in [4.78, 5) is 52.6. The van der Waals surface area contributed by atoms with Gasteiger partial charge in [0.2, 0.25) is 5.82 Å². The Morgan fingerprint density at radius 2 is 1.48 bits per heavy atom. The average molecular weight is 748 g/mol. The number of hydrogen-bond donors (Lipinski definition) is 8. The van der Waals surface area contributed by atoms with E-state index in [-0.39, 0.29) is 36.0 Å². The summed E-state index contributed by atoms with van der Waals surface area (Å²) < 4.78 is 68.4. The fourth-order valence-corrected chi connectivity index (χ4v) is 4.73. The van der Waals surface area contributed by atoms with E-state index in [4.69, 9.17) is 35.7 Å². The Labute approximate surface area is 291 Å². The zero-order valence-electron chi connectivity index (χ0n) is 27.4. The number of aryl methyl sites for hydroxylation is 1. The predicted octanol–water partition coefficient (Wildman–Crippen LogP) is 3.63. The van der Waals surface area contributed by atoms with Crippen LogP contribution in [0.2, 0.25) is 0 Å². The number of aromatic hydroxyl groups is 1. The molecule has 1 fully saturated rings. The minimum Gasteiger partial charge on any atom is -0.508 e. The van der Waals surface area contributed by atoms with E-state index in [1.165, 1.54) is 19.2 Å². The van der Waals surface area contributed by atoms with Gasteiger partial charge in [0.15, 0.2) is 5.96 Å². The third-order valence-electron chi connectivity index (χ3n) is 7.14. The zero-order chi connectivity index (χ0) is 39.4. The van der Waals surface area contributed by atoms with Gasteiger partial charge in [-0.3, -0.25) is 10.2 Å². The van der Waals surface area contributed by atoms with Gasteiger partial charge in [-0.25, -0.2) is 24.4 Å². The average Bonchev–Trinajstić information content (AvgIpc) is 3.05. The number of guanidine groups is 1. The van der Waals surface area contributed by atoms with Crippen molar-refractivity contribution < 1.29 is 65.6 Å². The molecule has 1 aromatic heterocycles. The number of fused-ring (bicyclic) bond motifs is 1. The first-order valence-electron chi connectivity index (χ1n) is 15.0. The summed E-state index contributed by atoms with van der Waals surface area (Å²) >= 11 is 0. The number of methoxy groups -OCH3 is 1. The van der Waals surface area contributed by atoms with Gasteiger partial charge >= 0.3 is 30.3 Å². The summed E-state index contributed by atoms with van der Waals surface area (Å²) in [5.41, 5.74) is 7.95. The van der Waals surface area contributed by atoms with Crippen molar-refractivity contribution in [3.05, 3.63) is 59.4 Å². The largest absolute Gasteiger partial charge is 0.508 e. The van der Waals surface area contributed by atoms with Crippen molar-refractivity contribution >= 4 is 46.5 Å². The normalized spacial score (nSPS) is 16.1. The summed E-state index contributed by atoms with van der Waals surface area (Å²) in [7, 11) is 1.25. The second kappa shape index (κ2) is 18.4. The molecule has 0 bridgehead atoms.